The van der Waals surface area contributed by atoms with E-state index in [0.29, 0.717) is 11.0 Å². The molecular weight excluding hydrogens is 401 g/mol. The second-order valence-corrected chi connectivity index (χ2v) is 14.1. The van der Waals surface area contributed by atoms with Crippen molar-refractivity contribution >= 4 is 42.6 Å². The summed E-state index contributed by atoms with van der Waals surface area (Å²) >= 11 is 12.4. The molecule has 1 aliphatic rings. The van der Waals surface area contributed by atoms with Crippen LogP contribution in [0.5, 0.6) is 0 Å². The second kappa shape index (κ2) is 7.63. The standard InChI is InChI=1S/C19H29Cl2N3O2Si/c1-7-13-14(26-27(5,6)19(2,3)4)8-15(25-13)24-10-12(9-20)16-17(21)22-11-23-18(16)24/h10-11,13-15H,7-9H2,1-6H3/t13-,14?,15-/m1/s1. The van der Waals surface area contributed by atoms with Crippen LogP contribution in [0, 0.1) is 0 Å². The summed E-state index contributed by atoms with van der Waals surface area (Å²) in [5, 5.41) is 1.39. The lowest BCUT2D eigenvalue weighted by molar-refractivity contribution is -0.0160. The van der Waals surface area contributed by atoms with Crippen LogP contribution in [0.2, 0.25) is 23.3 Å². The maximum atomic E-state index is 6.70. The molecule has 0 aliphatic carbocycles. The van der Waals surface area contributed by atoms with E-state index in [9.17, 15) is 0 Å². The molecule has 0 saturated carbocycles. The molecule has 0 bridgehead atoms. The van der Waals surface area contributed by atoms with Gasteiger partial charge in [-0.05, 0) is 30.1 Å². The maximum absolute atomic E-state index is 6.70. The smallest absolute Gasteiger partial charge is 0.192 e. The lowest BCUT2D eigenvalue weighted by Crippen LogP contribution is -2.45. The molecule has 0 radical (unpaired) electrons. The molecule has 27 heavy (non-hydrogen) atoms. The molecule has 1 saturated heterocycles. The van der Waals surface area contributed by atoms with Crippen molar-refractivity contribution in [2.24, 2.45) is 0 Å². The Kier molecular flexibility index (Phi) is 5.95. The number of rotatable bonds is 5. The Hall–Kier alpha value is -0.663. The van der Waals surface area contributed by atoms with Gasteiger partial charge in [0.05, 0.1) is 17.6 Å². The summed E-state index contributed by atoms with van der Waals surface area (Å²) in [5.41, 5.74) is 1.68. The second-order valence-electron chi connectivity index (χ2n) is 8.75. The monoisotopic (exact) mass is 429 g/mol. The molecule has 5 nitrogen and oxygen atoms in total. The van der Waals surface area contributed by atoms with Crippen molar-refractivity contribution in [2.45, 2.75) is 83.0 Å². The van der Waals surface area contributed by atoms with E-state index in [0.717, 1.165) is 29.4 Å². The van der Waals surface area contributed by atoms with Crippen molar-refractivity contribution in [1.82, 2.24) is 14.5 Å². The summed E-state index contributed by atoms with van der Waals surface area (Å²) in [6.07, 6.45) is 5.17. The van der Waals surface area contributed by atoms with Gasteiger partial charge in [0.1, 0.15) is 23.4 Å². The Labute approximate surface area is 172 Å². The number of nitrogens with zero attached hydrogens (tertiary/aromatic N) is 3. The third-order valence-electron chi connectivity index (χ3n) is 5.93. The highest BCUT2D eigenvalue weighted by Gasteiger charge is 2.44. The average molecular weight is 430 g/mol. The summed E-state index contributed by atoms with van der Waals surface area (Å²) in [6.45, 7) is 13.5. The summed E-state index contributed by atoms with van der Waals surface area (Å²) in [4.78, 5) is 8.54. The lowest BCUT2D eigenvalue weighted by atomic mass is 10.1. The number of hydrogen-bond donors (Lipinski definition) is 0. The van der Waals surface area contributed by atoms with Gasteiger partial charge in [-0.1, -0.05) is 39.3 Å². The predicted octanol–water partition coefficient (Wildman–Crippen LogP) is 5.91. The Morgan fingerprint density at radius 3 is 2.63 bits per heavy atom. The SMILES string of the molecule is CC[C@H]1O[C@@H](n2cc(CCl)c3c(Cl)ncnc32)CC1O[Si](C)(C)C(C)(C)C. The average Bonchev–Trinajstić information content (AvgIpc) is 3.15. The number of hydrogen-bond acceptors (Lipinski definition) is 4. The first-order valence-electron chi connectivity index (χ1n) is 9.48. The summed E-state index contributed by atoms with van der Waals surface area (Å²) < 4.78 is 15.1. The molecule has 2 aromatic rings. The highest BCUT2D eigenvalue weighted by molar-refractivity contribution is 6.74. The Bertz CT molecular complexity index is 819. The van der Waals surface area contributed by atoms with Crippen molar-refractivity contribution < 1.29 is 9.16 Å². The minimum Gasteiger partial charge on any atom is -0.411 e. The fourth-order valence-corrected chi connectivity index (χ4v) is 5.17. The topological polar surface area (TPSA) is 49.2 Å². The molecule has 0 aromatic carbocycles. The Morgan fingerprint density at radius 2 is 2.04 bits per heavy atom. The summed E-state index contributed by atoms with van der Waals surface area (Å²) in [6, 6.07) is 0. The van der Waals surface area contributed by atoms with Crippen LogP contribution in [0.1, 0.15) is 52.3 Å². The van der Waals surface area contributed by atoms with E-state index in [-0.39, 0.29) is 23.5 Å². The van der Waals surface area contributed by atoms with E-state index in [1.54, 1.807) is 0 Å². The molecule has 3 heterocycles. The normalized spacial score (nSPS) is 24.1. The van der Waals surface area contributed by atoms with Gasteiger partial charge in [-0.2, -0.15) is 0 Å². The third kappa shape index (κ3) is 3.92. The molecule has 0 N–H and O–H groups in total. The van der Waals surface area contributed by atoms with Gasteiger partial charge in [-0.15, -0.1) is 11.6 Å². The van der Waals surface area contributed by atoms with Gasteiger partial charge in [0.15, 0.2) is 8.32 Å². The van der Waals surface area contributed by atoms with E-state index in [1.807, 2.05) is 10.8 Å². The van der Waals surface area contributed by atoms with E-state index >= 15 is 0 Å². The van der Waals surface area contributed by atoms with Gasteiger partial charge in [-0.25, -0.2) is 9.97 Å². The van der Waals surface area contributed by atoms with Gasteiger partial charge in [0.2, 0.25) is 0 Å². The van der Waals surface area contributed by atoms with Crippen LogP contribution in [-0.4, -0.2) is 35.1 Å². The predicted molar refractivity (Wildman–Crippen MR) is 113 cm³/mol. The van der Waals surface area contributed by atoms with Crippen LogP contribution in [0.4, 0.5) is 0 Å². The largest absolute Gasteiger partial charge is 0.411 e. The fourth-order valence-electron chi connectivity index (χ4n) is 3.35. The number of fused-ring (bicyclic) bond motifs is 1. The molecule has 2 aromatic heterocycles. The first kappa shape index (κ1) is 21.1. The maximum Gasteiger partial charge on any atom is 0.192 e. The van der Waals surface area contributed by atoms with Crippen LogP contribution in [0.15, 0.2) is 12.5 Å². The van der Waals surface area contributed by atoms with Crippen molar-refractivity contribution in [2.75, 3.05) is 0 Å². The molecule has 1 fully saturated rings. The van der Waals surface area contributed by atoms with Crippen LogP contribution in [0.25, 0.3) is 11.0 Å². The van der Waals surface area contributed by atoms with E-state index in [1.165, 1.54) is 6.33 Å². The Morgan fingerprint density at radius 1 is 1.33 bits per heavy atom. The van der Waals surface area contributed by atoms with Crippen LogP contribution < -0.4 is 0 Å². The van der Waals surface area contributed by atoms with Crippen molar-refractivity contribution in [1.29, 1.82) is 0 Å². The first-order valence-corrected chi connectivity index (χ1v) is 13.3. The van der Waals surface area contributed by atoms with Gasteiger partial charge < -0.3 is 13.7 Å². The van der Waals surface area contributed by atoms with E-state index in [2.05, 4.69) is 50.8 Å². The fraction of sp³-hybridized carbons (Fsp3) is 0.684. The molecule has 1 aliphatic heterocycles. The quantitative estimate of drug-likeness (QED) is 0.336. The summed E-state index contributed by atoms with van der Waals surface area (Å²) in [5.74, 6) is 0.352. The number of aromatic nitrogens is 3. The Balaban J connectivity index is 1.92. The number of halogens is 2. The van der Waals surface area contributed by atoms with E-state index < -0.39 is 8.32 Å². The van der Waals surface area contributed by atoms with Crippen LogP contribution in [0.3, 0.4) is 0 Å². The van der Waals surface area contributed by atoms with Crippen LogP contribution in [-0.2, 0) is 15.0 Å². The van der Waals surface area contributed by atoms with Crippen molar-refractivity contribution in [3.05, 3.63) is 23.2 Å². The third-order valence-corrected chi connectivity index (χ3v) is 11.0. The molecule has 0 spiro atoms. The molecule has 3 atom stereocenters. The summed E-state index contributed by atoms with van der Waals surface area (Å²) in [7, 11) is -1.88. The van der Waals surface area contributed by atoms with Crippen molar-refractivity contribution in [3.8, 4) is 0 Å². The zero-order valence-electron chi connectivity index (χ0n) is 16.9. The lowest BCUT2D eigenvalue weighted by Gasteiger charge is -2.39. The molecular formula is C19H29Cl2N3O2Si. The highest BCUT2D eigenvalue weighted by atomic mass is 35.5. The minimum atomic E-state index is -1.88. The van der Waals surface area contributed by atoms with E-state index in [4.69, 9.17) is 32.4 Å². The van der Waals surface area contributed by atoms with Gasteiger partial charge in [0, 0.05) is 18.5 Å². The minimum absolute atomic E-state index is 0.0679. The number of alkyl halides is 1. The van der Waals surface area contributed by atoms with Crippen LogP contribution >= 0.6 is 23.2 Å². The molecule has 150 valence electrons. The number of ether oxygens (including phenoxy) is 1. The molecule has 1 unspecified atom stereocenters. The first-order chi connectivity index (χ1) is 12.6. The molecule has 8 heteroatoms. The highest BCUT2D eigenvalue weighted by Crippen LogP contribution is 2.42. The zero-order valence-corrected chi connectivity index (χ0v) is 19.4. The van der Waals surface area contributed by atoms with Gasteiger partial charge in [-0.3, -0.25) is 0 Å². The molecule has 0 amide bonds. The zero-order chi connectivity index (χ0) is 20.0. The molecule has 3 rings (SSSR count). The van der Waals surface area contributed by atoms with Gasteiger partial charge in [0.25, 0.3) is 0 Å². The van der Waals surface area contributed by atoms with Gasteiger partial charge >= 0.3 is 0 Å². The van der Waals surface area contributed by atoms with Crippen molar-refractivity contribution in [3.63, 3.8) is 0 Å².